The fraction of sp³-hybridized carbons (Fsp3) is 1.00. The summed E-state index contributed by atoms with van der Waals surface area (Å²) in [6.07, 6.45) is 3.35. The first kappa shape index (κ1) is 16.9. The minimum atomic E-state index is -0.675. The van der Waals surface area contributed by atoms with Gasteiger partial charge in [0.2, 0.25) is 8.37 Å². The van der Waals surface area contributed by atoms with E-state index in [0.717, 1.165) is 19.3 Å². The molecular weight excluding hydrogens is 231 g/mol. The zero-order valence-electron chi connectivity index (χ0n) is 12.2. The summed E-state index contributed by atoms with van der Waals surface area (Å²) in [4.78, 5) is 4.56. The molecule has 3 N–H and O–H groups in total. The lowest BCUT2D eigenvalue weighted by Gasteiger charge is -2.19. The molecular formula is C12H30N4P+. The summed E-state index contributed by atoms with van der Waals surface area (Å²) < 4.78 is 0. The summed E-state index contributed by atoms with van der Waals surface area (Å²) in [6.45, 7) is 13.1. The lowest BCUT2D eigenvalue weighted by Crippen LogP contribution is -2.72. The standard InChI is InChI=1S/C12H29N4P/c1-7-10(4)13-16-17(14-11(5)8-2)15-12(6)9-3/h10-12,14-15H,7-9H2,1-6H3/p+1. The Morgan fingerprint density at radius 3 is 1.76 bits per heavy atom. The Kier molecular flexibility index (Phi) is 9.90. The second-order valence-electron chi connectivity index (χ2n) is 4.73. The molecule has 0 aromatic heterocycles. The van der Waals surface area contributed by atoms with Gasteiger partial charge in [0.15, 0.2) is 6.04 Å². The van der Waals surface area contributed by atoms with Crippen LogP contribution in [0.4, 0.5) is 0 Å². The monoisotopic (exact) mass is 261 g/mol. The maximum Gasteiger partial charge on any atom is 0.237 e. The lowest BCUT2D eigenvalue weighted by atomic mass is 10.3. The SMILES string of the molecule is CCC(C)NP(N=[NH+]C(C)CC)NC(C)CC. The highest BCUT2D eigenvalue weighted by Gasteiger charge is 2.16. The van der Waals surface area contributed by atoms with Crippen molar-refractivity contribution in [2.75, 3.05) is 0 Å². The van der Waals surface area contributed by atoms with E-state index in [1.54, 1.807) is 0 Å². The van der Waals surface area contributed by atoms with Crippen molar-refractivity contribution in [3.05, 3.63) is 0 Å². The molecule has 3 atom stereocenters. The molecule has 4 nitrogen and oxygen atoms in total. The highest BCUT2D eigenvalue weighted by Crippen LogP contribution is 2.27. The van der Waals surface area contributed by atoms with Crippen molar-refractivity contribution in [1.29, 1.82) is 0 Å². The average molecular weight is 261 g/mol. The van der Waals surface area contributed by atoms with Gasteiger partial charge in [-0.05, 0) is 33.6 Å². The molecule has 0 saturated carbocycles. The Morgan fingerprint density at radius 1 is 0.941 bits per heavy atom. The van der Waals surface area contributed by atoms with Gasteiger partial charge in [-0.15, -0.1) is 5.11 Å². The van der Waals surface area contributed by atoms with Crippen LogP contribution in [0.25, 0.3) is 0 Å². The summed E-state index contributed by atoms with van der Waals surface area (Å²) in [7, 11) is -0.675. The van der Waals surface area contributed by atoms with Gasteiger partial charge in [0.05, 0.1) is 0 Å². The van der Waals surface area contributed by atoms with E-state index in [2.05, 4.69) is 61.7 Å². The van der Waals surface area contributed by atoms with E-state index in [9.17, 15) is 0 Å². The molecule has 0 fully saturated rings. The van der Waals surface area contributed by atoms with Gasteiger partial charge in [-0.1, -0.05) is 20.8 Å². The van der Waals surface area contributed by atoms with Gasteiger partial charge in [-0.25, -0.2) is 0 Å². The normalized spacial score (nSPS) is 19.2. The molecule has 0 rings (SSSR count). The zero-order valence-corrected chi connectivity index (χ0v) is 13.1. The van der Waals surface area contributed by atoms with E-state index < -0.39 is 8.37 Å². The quantitative estimate of drug-likeness (QED) is 0.441. The minimum absolute atomic E-state index is 0.442. The highest BCUT2D eigenvalue weighted by atomic mass is 31.1. The van der Waals surface area contributed by atoms with Crippen LogP contribution >= 0.6 is 8.37 Å². The van der Waals surface area contributed by atoms with Crippen molar-refractivity contribution >= 4 is 8.37 Å². The van der Waals surface area contributed by atoms with Gasteiger partial charge in [-0.3, -0.25) is 10.2 Å². The number of hydrogen-bond acceptors (Lipinski definition) is 3. The van der Waals surface area contributed by atoms with E-state index in [0.29, 0.717) is 18.1 Å². The molecule has 0 heterocycles. The number of nitrogens with one attached hydrogen (secondary N) is 3. The first-order valence-electron chi connectivity index (χ1n) is 6.81. The van der Waals surface area contributed by atoms with E-state index in [4.69, 9.17) is 0 Å². The lowest BCUT2D eigenvalue weighted by molar-refractivity contribution is -0.560. The summed E-state index contributed by atoms with van der Waals surface area (Å²) >= 11 is 0. The van der Waals surface area contributed by atoms with Crippen molar-refractivity contribution in [2.24, 2.45) is 4.88 Å². The van der Waals surface area contributed by atoms with Gasteiger partial charge in [-0.2, -0.15) is 0 Å². The first-order chi connectivity index (χ1) is 8.03. The molecule has 0 radical (unpaired) electrons. The maximum absolute atomic E-state index is 4.56. The molecule has 0 amide bonds. The Morgan fingerprint density at radius 2 is 1.41 bits per heavy atom. The largest absolute Gasteiger partial charge is 0.258 e. The van der Waals surface area contributed by atoms with Crippen LogP contribution in [0.15, 0.2) is 4.88 Å². The molecule has 0 aromatic carbocycles. The average Bonchev–Trinajstić information content (AvgIpc) is 2.34. The summed E-state index contributed by atoms with van der Waals surface area (Å²) in [5.74, 6) is 0. The Bertz CT molecular complexity index is 199. The van der Waals surface area contributed by atoms with Crippen LogP contribution < -0.4 is 15.3 Å². The second-order valence-corrected chi connectivity index (χ2v) is 6.07. The number of nitrogens with zero attached hydrogens (tertiary/aromatic N) is 1. The Labute approximate surface area is 108 Å². The van der Waals surface area contributed by atoms with E-state index >= 15 is 0 Å². The third-order valence-corrected chi connectivity index (χ3v) is 4.59. The van der Waals surface area contributed by atoms with Crippen LogP contribution in [0.3, 0.4) is 0 Å². The summed E-state index contributed by atoms with van der Waals surface area (Å²) in [5, 5.41) is 10.3. The summed E-state index contributed by atoms with van der Waals surface area (Å²) in [6, 6.07) is 1.44. The smallest absolute Gasteiger partial charge is 0.237 e. The third kappa shape index (κ3) is 8.64. The van der Waals surface area contributed by atoms with Crippen molar-refractivity contribution in [1.82, 2.24) is 10.2 Å². The molecule has 0 spiro atoms. The predicted octanol–water partition coefficient (Wildman–Crippen LogP) is 2.32. The Hall–Kier alpha value is -0.0500. The topological polar surface area (TPSA) is 50.4 Å². The van der Waals surface area contributed by atoms with Crippen LogP contribution in [0.5, 0.6) is 0 Å². The fourth-order valence-electron chi connectivity index (χ4n) is 0.943. The van der Waals surface area contributed by atoms with Gasteiger partial charge >= 0.3 is 0 Å². The van der Waals surface area contributed by atoms with Crippen molar-refractivity contribution in [2.45, 2.75) is 78.9 Å². The van der Waals surface area contributed by atoms with Crippen LogP contribution in [-0.2, 0) is 0 Å². The maximum atomic E-state index is 4.56. The number of rotatable bonds is 9. The molecule has 5 heteroatoms. The summed E-state index contributed by atoms with van der Waals surface area (Å²) in [5.41, 5.74) is 0. The third-order valence-electron chi connectivity index (χ3n) is 2.90. The van der Waals surface area contributed by atoms with Crippen LogP contribution in [0.1, 0.15) is 60.8 Å². The number of hydrogen-bond donors (Lipinski definition) is 3. The molecule has 102 valence electrons. The van der Waals surface area contributed by atoms with E-state index in [-0.39, 0.29) is 0 Å². The molecule has 0 aromatic rings. The first-order valence-corrected chi connectivity index (χ1v) is 8.11. The fourth-order valence-corrected chi connectivity index (χ4v) is 2.65. The molecule has 0 bridgehead atoms. The van der Waals surface area contributed by atoms with Crippen LogP contribution in [-0.4, -0.2) is 18.1 Å². The zero-order chi connectivity index (χ0) is 13.3. The van der Waals surface area contributed by atoms with Crippen LogP contribution in [0, 0.1) is 0 Å². The second kappa shape index (κ2) is 9.93. The van der Waals surface area contributed by atoms with E-state index in [1.165, 1.54) is 0 Å². The van der Waals surface area contributed by atoms with Gasteiger partial charge in [0, 0.05) is 23.4 Å². The Balaban J connectivity index is 4.33. The van der Waals surface area contributed by atoms with Gasteiger partial charge < -0.3 is 0 Å². The highest BCUT2D eigenvalue weighted by molar-refractivity contribution is 7.51. The molecule has 0 aliphatic rings. The molecule has 0 aliphatic carbocycles. The van der Waals surface area contributed by atoms with E-state index in [1.807, 2.05) is 0 Å². The molecule has 3 unspecified atom stereocenters. The molecule has 0 aliphatic heterocycles. The van der Waals surface area contributed by atoms with Gasteiger partial charge in [0.1, 0.15) is 0 Å². The van der Waals surface area contributed by atoms with Crippen molar-refractivity contribution in [3.63, 3.8) is 0 Å². The van der Waals surface area contributed by atoms with Crippen LogP contribution in [0.2, 0.25) is 0 Å². The molecule has 17 heavy (non-hydrogen) atoms. The van der Waals surface area contributed by atoms with Gasteiger partial charge in [0.25, 0.3) is 0 Å². The minimum Gasteiger partial charge on any atom is -0.258 e. The van der Waals surface area contributed by atoms with Crippen molar-refractivity contribution in [3.8, 4) is 0 Å². The van der Waals surface area contributed by atoms with Crippen molar-refractivity contribution < 1.29 is 5.11 Å². The molecule has 0 saturated heterocycles. The predicted molar refractivity (Wildman–Crippen MR) is 75.8 cm³/mol.